The van der Waals surface area contributed by atoms with Crippen molar-refractivity contribution >= 4 is 45.1 Å². The molecule has 21 heavy (non-hydrogen) atoms. The first-order valence-corrected chi connectivity index (χ1v) is 7.89. The predicted octanol–water partition coefficient (Wildman–Crippen LogP) is 2.06. The summed E-state index contributed by atoms with van der Waals surface area (Å²) in [4.78, 5) is 23.9. The van der Waals surface area contributed by atoms with Crippen LogP contribution in [0.25, 0.3) is 0 Å². The van der Waals surface area contributed by atoms with Crippen LogP contribution in [0.15, 0.2) is 26.7 Å². The number of tetrazole rings is 1. The Hall–Kier alpha value is -1.74. The maximum Gasteiger partial charge on any atom is 0.296 e. The molecule has 1 fully saturated rings. The summed E-state index contributed by atoms with van der Waals surface area (Å²) < 4.78 is 2.55. The molecule has 1 amide bonds. The number of carbonyl (C=O) groups is 2. The van der Waals surface area contributed by atoms with Gasteiger partial charge in [-0.1, -0.05) is 0 Å². The van der Waals surface area contributed by atoms with Crippen LogP contribution >= 0.6 is 27.7 Å². The average molecular weight is 366 g/mol. The summed E-state index contributed by atoms with van der Waals surface area (Å²) in [7, 11) is 0. The molecule has 0 bridgehead atoms. The van der Waals surface area contributed by atoms with E-state index in [1.807, 2.05) is 4.68 Å². The van der Waals surface area contributed by atoms with Crippen molar-refractivity contribution in [2.75, 3.05) is 5.32 Å². The van der Waals surface area contributed by atoms with Crippen molar-refractivity contribution in [3.8, 4) is 0 Å². The number of nitrogens with zero attached hydrogens (tertiary/aromatic N) is 4. The Labute approximate surface area is 131 Å². The molecule has 1 aromatic carbocycles. The van der Waals surface area contributed by atoms with Crippen molar-refractivity contribution in [1.29, 1.82) is 0 Å². The van der Waals surface area contributed by atoms with Crippen molar-refractivity contribution in [1.82, 2.24) is 20.2 Å². The second kappa shape index (κ2) is 4.63. The van der Waals surface area contributed by atoms with Gasteiger partial charge in [0, 0.05) is 9.37 Å². The number of aromatic nitrogens is 4. The Kier molecular flexibility index (Phi) is 2.86. The number of ketones is 1. The smallest absolute Gasteiger partial charge is 0.296 e. The molecule has 1 N–H and O–H groups in total. The van der Waals surface area contributed by atoms with Gasteiger partial charge in [0.1, 0.15) is 0 Å². The molecule has 7 nitrogen and oxygen atoms in total. The maximum absolute atomic E-state index is 11.7. The third kappa shape index (κ3) is 2.16. The zero-order valence-corrected chi connectivity index (χ0v) is 12.9. The summed E-state index contributed by atoms with van der Waals surface area (Å²) in [6, 6.07) is 3.80. The quantitative estimate of drug-likeness (QED) is 0.837. The normalized spacial score (nSPS) is 17.0. The second-order valence-corrected chi connectivity index (χ2v) is 6.71. The highest BCUT2D eigenvalue weighted by Gasteiger charge is 2.31. The average Bonchev–Trinajstić information content (AvgIpc) is 3.14. The molecule has 2 heterocycles. The Bertz CT molecular complexity index is 786. The molecule has 0 atom stereocenters. The van der Waals surface area contributed by atoms with E-state index in [1.54, 1.807) is 12.1 Å². The highest BCUT2D eigenvalue weighted by molar-refractivity contribution is 9.10. The lowest BCUT2D eigenvalue weighted by molar-refractivity contribution is -0.112. The molecule has 0 spiro atoms. The topological polar surface area (TPSA) is 89.8 Å². The minimum absolute atomic E-state index is 0.386. The van der Waals surface area contributed by atoms with E-state index in [4.69, 9.17) is 0 Å². The zero-order valence-electron chi connectivity index (χ0n) is 10.5. The number of hydrogen-bond donors (Lipinski definition) is 1. The fourth-order valence-electron chi connectivity index (χ4n) is 2.12. The number of anilines is 1. The van der Waals surface area contributed by atoms with Gasteiger partial charge in [0.05, 0.1) is 17.3 Å². The third-order valence-electron chi connectivity index (χ3n) is 3.33. The van der Waals surface area contributed by atoms with Crippen molar-refractivity contribution in [3.63, 3.8) is 0 Å². The Morgan fingerprint density at radius 1 is 1.33 bits per heavy atom. The van der Waals surface area contributed by atoms with Gasteiger partial charge in [-0.15, -0.1) is 5.10 Å². The van der Waals surface area contributed by atoms with Gasteiger partial charge in [-0.2, -0.15) is 0 Å². The molecule has 106 valence electrons. The van der Waals surface area contributed by atoms with Crippen molar-refractivity contribution in [3.05, 3.63) is 22.2 Å². The summed E-state index contributed by atoms with van der Waals surface area (Å²) in [6.07, 6.45) is 2.18. The first-order chi connectivity index (χ1) is 10.1. The predicted molar refractivity (Wildman–Crippen MR) is 77.3 cm³/mol. The monoisotopic (exact) mass is 365 g/mol. The lowest BCUT2D eigenvalue weighted by atomic mass is 10.1. The number of carbonyl (C=O) groups excluding carboxylic acids is 2. The molecular formula is C12H8BrN5O2S. The molecule has 1 saturated carbocycles. The summed E-state index contributed by atoms with van der Waals surface area (Å²) in [5.74, 6) is -1.10. The largest absolute Gasteiger partial charge is 0.318 e. The van der Waals surface area contributed by atoms with Gasteiger partial charge in [0.15, 0.2) is 0 Å². The minimum atomic E-state index is -0.595. The lowest BCUT2D eigenvalue weighted by Crippen LogP contribution is -2.12. The van der Waals surface area contributed by atoms with Crippen LogP contribution in [0.1, 0.15) is 29.2 Å². The molecule has 2 aromatic rings. The van der Waals surface area contributed by atoms with Crippen LogP contribution < -0.4 is 5.32 Å². The highest BCUT2D eigenvalue weighted by atomic mass is 79.9. The van der Waals surface area contributed by atoms with E-state index >= 15 is 0 Å². The van der Waals surface area contributed by atoms with E-state index < -0.39 is 11.7 Å². The van der Waals surface area contributed by atoms with Crippen LogP contribution in [0.5, 0.6) is 0 Å². The number of nitrogens with one attached hydrogen (secondary N) is 1. The van der Waals surface area contributed by atoms with Crippen molar-refractivity contribution < 1.29 is 9.59 Å². The molecule has 1 aromatic heterocycles. The van der Waals surface area contributed by atoms with E-state index in [9.17, 15) is 9.59 Å². The lowest BCUT2D eigenvalue weighted by Gasteiger charge is -2.06. The first-order valence-electron chi connectivity index (χ1n) is 6.28. The van der Waals surface area contributed by atoms with Gasteiger partial charge in [-0.3, -0.25) is 9.59 Å². The number of rotatable bonds is 3. The van der Waals surface area contributed by atoms with Gasteiger partial charge in [0.2, 0.25) is 5.16 Å². The van der Waals surface area contributed by atoms with Crippen molar-refractivity contribution in [2.24, 2.45) is 0 Å². The number of benzene rings is 1. The van der Waals surface area contributed by atoms with Crippen LogP contribution in [0.4, 0.5) is 5.69 Å². The third-order valence-corrected chi connectivity index (χ3v) is 5.26. The number of halogens is 1. The molecule has 1 aliphatic carbocycles. The molecule has 9 heteroatoms. The van der Waals surface area contributed by atoms with Crippen LogP contribution in [-0.4, -0.2) is 31.9 Å². The van der Waals surface area contributed by atoms with E-state index in [1.165, 1.54) is 11.8 Å². The number of hydrogen-bond acceptors (Lipinski definition) is 6. The van der Waals surface area contributed by atoms with Gasteiger partial charge < -0.3 is 5.32 Å². The number of amides is 1. The zero-order chi connectivity index (χ0) is 14.6. The van der Waals surface area contributed by atoms with Crippen LogP contribution in [0, 0.1) is 0 Å². The van der Waals surface area contributed by atoms with E-state index in [-0.39, 0.29) is 0 Å². The van der Waals surface area contributed by atoms with Gasteiger partial charge in [-0.05, 0) is 63.1 Å². The van der Waals surface area contributed by atoms with E-state index in [2.05, 4.69) is 36.8 Å². The molecule has 0 saturated heterocycles. The van der Waals surface area contributed by atoms with Crippen LogP contribution in [0.3, 0.4) is 0 Å². The van der Waals surface area contributed by atoms with Gasteiger partial charge in [-0.25, -0.2) is 4.68 Å². The van der Waals surface area contributed by atoms with E-state index in [0.29, 0.717) is 22.4 Å². The Morgan fingerprint density at radius 2 is 2.14 bits per heavy atom. The fraction of sp³-hybridized carbons (Fsp3) is 0.250. The molecule has 0 unspecified atom stereocenters. The molecule has 1 aliphatic heterocycles. The Balaban J connectivity index is 1.70. The number of Topliss-reactive ketones (excluding diaryl/α,β-unsaturated/α-hetero) is 1. The summed E-state index contributed by atoms with van der Waals surface area (Å²) in [5.41, 5.74) is 0.916. The number of fused-ring (bicyclic) bond motifs is 1. The van der Waals surface area contributed by atoms with E-state index in [0.717, 1.165) is 22.2 Å². The van der Waals surface area contributed by atoms with Crippen LogP contribution in [0.2, 0.25) is 0 Å². The van der Waals surface area contributed by atoms with Gasteiger partial charge >= 0.3 is 0 Å². The second-order valence-electron chi connectivity index (χ2n) is 4.85. The summed E-state index contributed by atoms with van der Waals surface area (Å²) >= 11 is 4.83. The first kappa shape index (κ1) is 13.0. The minimum Gasteiger partial charge on any atom is -0.318 e. The van der Waals surface area contributed by atoms with Crippen LogP contribution in [-0.2, 0) is 4.79 Å². The molecular weight excluding hydrogens is 358 g/mol. The summed E-state index contributed by atoms with van der Waals surface area (Å²) in [6.45, 7) is 0. The summed E-state index contributed by atoms with van der Waals surface area (Å²) in [5, 5.41) is 15.0. The fourth-order valence-corrected chi connectivity index (χ4v) is 3.60. The SMILES string of the molecule is O=C1Nc2cc(Sc3nnnn3C3CC3)c(Br)cc2C1=O. The standard InChI is InChI=1S/C12H8BrN5O2S/c13-7-3-6-8(14-11(20)10(6)19)4-9(7)21-12-15-16-17-18(12)5-1-2-5/h3-5H,1-2H2,(H,14,19,20). The molecule has 0 radical (unpaired) electrons. The molecule has 4 rings (SSSR count). The van der Waals surface area contributed by atoms with Gasteiger partial charge in [0.25, 0.3) is 11.7 Å². The highest BCUT2D eigenvalue weighted by Crippen LogP contribution is 2.41. The molecule has 2 aliphatic rings. The van der Waals surface area contributed by atoms with Crippen molar-refractivity contribution in [2.45, 2.75) is 28.9 Å². The maximum atomic E-state index is 11.7. The Morgan fingerprint density at radius 3 is 2.90 bits per heavy atom.